The van der Waals surface area contributed by atoms with E-state index in [2.05, 4.69) is 10.1 Å². The van der Waals surface area contributed by atoms with Crippen LogP contribution in [0.5, 0.6) is 0 Å². The predicted molar refractivity (Wildman–Crippen MR) is 51.6 cm³/mol. The molecule has 0 radical (unpaired) electrons. The van der Waals surface area contributed by atoms with Crippen molar-refractivity contribution in [2.45, 2.75) is 11.5 Å². The molecule has 1 aromatic rings. The molecule has 0 aliphatic rings. The number of rotatable bonds is 3. The van der Waals surface area contributed by atoms with Gasteiger partial charge < -0.3 is 5.73 Å². The molecule has 0 aromatic carbocycles. The highest BCUT2D eigenvalue weighted by Crippen LogP contribution is 2.33. The fraction of sp³-hybridized carbons (Fsp3) is 0.167. The van der Waals surface area contributed by atoms with Crippen LogP contribution < -0.4 is 10.9 Å². The van der Waals surface area contributed by atoms with Crippen molar-refractivity contribution in [3.05, 3.63) is 21.7 Å². The zero-order chi connectivity index (χ0) is 13.4. The molecule has 0 aliphatic heterocycles. The molecule has 0 saturated heterocycles. The Bertz CT molecular complexity index is 574. The Balaban J connectivity index is 3.77. The number of hydrogen-bond donors (Lipinski definition) is 2. The fourth-order valence-electron chi connectivity index (χ4n) is 1.10. The molecule has 1 rings (SSSR count). The molecule has 11 heteroatoms. The van der Waals surface area contributed by atoms with Crippen LogP contribution in [0.1, 0.15) is 12.0 Å². The second-order valence-electron chi connectivity index (χ2n) is 2.89. The Kier molecular flexibility index (Phi) is 3.24. The molecule has 1 aromatic heterocycles. The van der Waals surface area contributed by atoms with E-state index in [0.717, 1.165) is 0 Å². The fourth-order valence-corrected chi connectivity index (χ4v) is 1.80. The summed E-state index contributed by atoms with van der Waals surface area (Å²) in [7, 11) is -4.62. The van der Waals surface area contributed by atoms with Crippen LogP contribution in [0.3, 0.4) is 0 Å². The lowest BCUT2D eigenvalue weighted by Crippen LogP contribution is -2.18. The first-order valence-corrected chi connectivity index (χ1v) is 5.45. The zero-order valence-corrected chi connectivity index (χ0v) is 8.82. The summed E-state index contributed by atoms with van der Waals surface area (Å²) >= 11 is 0. The molecule has 8 nitrogen and oxygen atoms in total. The molecule has 17 heavy (non-hydrogen) atoms. The van der Waals surface area contributed by atoms with Gasteiger partial charge in [0.2, 0.25) is 0 Å². The summed E-state index contributed by atoms with van der Waals surface area (Å²) in [5, 5.41) is 13.9. The lowest BCUT2D eigenvalue weighted by molar-refractivity contribution is -0.389. The van der Waals surface area contributed by atoms with Gasteiger partial charge in [-0.05, 0) is 6.07 Å². The molecular weight excluding hydrogens is 262 g/mol. The molecule has 0 spiro atoms. The SMILES string of the molecule is Nc1cc(C(F)F)c([N+](=O)[O-])c(S(N)(=O)=O)n1. The van der Waals surface area contributed by atoms with Crippen molar-refractivity contribution in [3.63, 3.8) is 0 Å². The van der Waals surface area contributed by atoms with Gasteiger partial charge in [-0.25, -0.2) is 27.3 Å². The Morgan fingerprint density at radius 2 is 2.00 bits per heavy atom. The first-order valence-electron chi connectivity index (χ1n) is 3.90. The highest BCUT2D eigenvalue weighted by molar-refractivity contribution is 7.89. The lowest BCUT2D eigenvalue weighted by Gasteiger charge is -2.06. The van der Waals surface area contributed by atoms with E-state index in [1.165, 1.54) is 0 Å². The summed E-state index contributed by atoms with van der Waals surface area (Å²) in [5.41, 5.74) is 2.56. The van der Waals surface area contributed by atoms with Crippen LogP contribution in [0.15, 0.2) is 11.1 Å². The number of pyridine rings is 1. The van der Waals surface area contributed by atoms with E-state index in [9.17, 15) is 27.3 Å². The Hall–Kier alpha value is -1.88. The summed E-state index contributed by atoms with van der Waals surface area (Å²) in [6.07, 6.45) is -3.28. The minimum absolute atomic E-state index is 0.525. The topological polar surface area (TPSA) is 142 Å². The second kappa shape index (κ2) is 4.18. The molecule has 0 amide bonds. The Morgan fingerprint density at radius 1 is 1.47 bits per heavy atom. The average Bonchev–Trinajstić information content (AvgIpc) is 2.14. The van der Waals surface area contributed by atoms with Gasteiger partial charge in [0.15, 0.2) is 0 Å². The van der Waals surface area contributed by atoms with E-state index >= 15 is 0 Å². The monoisotopic (exact) mass is 268 g/mol. The molecule has 0 bridgehead atoms. The van der Waals surface area contributed by atoms with Crippen LogP contribution in [0.4, 0.5) is 20.3 Å². The van der Waals surface area contributed by atoms with Gasteiger partial charge in [0.1, 0.15) is 11.4 Å². The third kappa shape index (κ3) is 2.62. The Labute approximate surface area is 93.4 Å². The van der Waals surface area contributed by atoms with Crippen molar-refractivity contribution in [2.24, 2.45) is 5.14 Å². The first-order chi connectivity index (χ1) is 7.64. The molecule has 94 valence electrons. The van der Waals surface area contributed by atoms with Gasteiger partial charge >= 0.3 is 5.69 Å². The van der Waals surface area contributed by atoms with Crippen LogP contribution in [-0.2, 0) is 10.0 Å². The number of anilines is 1. The number of hydrogen-bond acceptors (Lipinski definition) is 6. The van der Waals surface area contributed by atoms with Crippen molar-refractivity contribution >= 4 is 21.5 Å². The largest absolute Gasteiger partial charge is 0.384 e. The standard InChI is InChI=1S/C6H6F2N4O4S/c7-5(8)2-1-3(9)11-6(17(10,15)16)4(2)12(13)14/h1,5H,(H2,9,11)(H2,10,15,16). The summed E-state index contributed by atoms with van der Waals surface area (Å²) in [5.74, 6) is -0.602. The van der Waals surface area contributed by atoms with E-state index in [-0.39, 0.29) is 0 Å². The van der Waals surface area contributed by atoms with Crippen molar-refractivity contribution in [3.8, 4) is 0 Å². The summed E-state index contributed by atoms with van der Waals surface area (Å²) in [6, 6.07) is 0.525. The van der Waals surface area contributed by atoms with Crippen LogP contribution in [0.25, 0.3) is 0 Å². The molecule has 0 aliphatic carbocycles. The minimum atomic E-state index is -4.62. The van der Waals surface area contributed by atoms with E-state index in [1.54, 1.807) is 0 Å². The van der Waals surface area contributed by atoms with Crippen LogP contribution in [0, 0.1) is 10.1 Å². The summed E-state index contributed by atoms with van der Waals surface area (Å²) < 4.78 is 47.0. The third-order valence-electron chi connectivity index (χ3n) is 1.70. The molecule has 0 saturated carbocycles. The smallest absolute Gasteiger partial charge is 0.317 e. The van der Waals surface area contributed by atoms with Crippen molar-refractivity contribution in [1.82, 2.24) is 4.98 Å². The summed E-state index contributed by atoms with van der Waals surface area (Å²) in [4.78, 5) is 12.4. The normalized spacial score (nSPS) is 11.8. The number of nitrogen functional groups attached to an aromatic ring is 1. The number of sulfonamides is 1. The number of halogens is 2. The molecule has 0 fully saturated rings. The highest BCUT2D eigenvalue weighted by atomic mass is 32.2. The zero-order valence-electron chi connectivity index (χ0n) is 8.00. The van der Waals surface area contributed by atoms with Crippen LogP contribution in [-0.4, -0.2) is 18.3 Å². The maximum Gasteiger partial charge on any atom is 0.317 e. The van der Waals surface area contributed by atoms with Crippen LogP contribution >= 0.6 is 0 Å². The Morgan fingerprint density at radius 3 is 2.35 bits per heavy atom. The average molecular weight is 268 g/mol. The van der Waals surface area contributed by atoms with Gasteiger partial charge in [0.25, 0.3) is 21.5 Å². The quantitative estimate of drug-likeness (QED) is 0.590. The van der Waals surface area contributed by atoms with E-state index in [4.69, 9.17) is 5.73 Å². The minimum Gasteiger partial charge on any atom is -0.384 e. The number of nitrogens with two attached hydrogens (primary N) is 2. The number of alkyl halides is 2. The number of aromatic nitrogens is 1. The molecule has 0 unspecified atom stereocenters. The van der Waals surface area contributed by atoms with Gasteiger partial charge in [-0.15, -0.1) is 0 Å². The van der Waals surface area contributed by atoms with Gasteiger partial charge in [-0.2, -0.15) is 0 Å². The number of nitro groups is 1. The second-order valence-corrected chi connectivity index (χ2v) is 4.37. The van der Waals surface area contributed by atoms with Gasteiger partial charge in [-0.3, -0.25) is 10.1 Å². The van der Waals surface area contributed by atoms with Gasteiger partial charge in [-0.1, -0.05) is 0 Å². The molecule has 1 heterocycles. The van der Waals surface area contributed by atoms with Crippen LogP contribution in [0.2, 0.25) is 0 Å². The van der Waals surface area contributed by atoms with Crippen molar-refractivity contribution in [1.29, 1.82) is 0 Å². The maximum absolute atomic E-state index is 12.5. The van der Waals surface area contributed by atoms with Crippen molar-refractivity contribution in [2.75, 3.05) is 5.73 Å². The van der Waals surface area contributed by atoms with Gasteiger partial charge in [0.05, 0.1) is 4.92 Å². The van der Waals surface area contributed by atoms with E-state index in [0.29, 0.717) is 6.07 Å². The molecule has 0 atom stereocenters. The first kappa shape index (κ1) is 13.2. The number of nitrogens with zero attached hydrogens (tertiary/aromatic N) is 2. The van der Waals surface area contributed by atoms with E-state index in [1.807, 2.05) is 0 Å². The predicted octanol–water partition coefficient (Wildman–Crippen LogP) is 0.157. The molecular formula is C6H6F2N4O4S. The lowest BCUT2D eigenvalue weighted by atomic mass is 10.2. The third-order valence-corrected chi connectivity index (χ3v) is 2.52. The summed E-state index contributed by atoms with van der Waals surface area (Å²) in [6.45, 7) is 0. The van der Waals surface area contributed by atoms with E-state index < -0.39 is 43.5 Å². The van der Waals surface area contributed by atoms with Crippen molar-refractivity contribution < 1.29 is 22.1 Å². The van der Waals surface area contributed by atoms with Gasteiger partial charge in [0, 0.05) is 0 Å². The maximum atomic E-state index is 12.5. The number of primary sulfonamides is 1. The highest BCUT2D eigenvalue weighted by Gasteiger charge is 2.33. The molecule has 4 N–H and O–H groups in total.